The number of aromatic nitrogens is 6. The molecule has 4 heterocycles. The van der Waals surface area contributed by atoms with Crippen LogP contribution < -0.4 is 0 Å². The summed E-state index contributed by atoms with van der Waals surface area (Å²) in [5.41, 5.74) is 1.58. The molecule has 0 amide bonds. The zero-order valence-corrected chi connectivity index (χ0v) is 12.2. The summed E-state index contributed by atoms with van der Waals surface area (Å²) in [5.74, 6) is 0.703. The van der Waals surface area contributed by atoms with Crippen molar-refractivity contribution in [1.29, 1.82) is 0 Å². The van der Waals surface area contributed by atoms with Crippen LogP contribution in [0.15, 0.2) is 28.4 Å². The standard InChI is InChI=1S/C11H7BrN6S/c1-17-10-7(3-14-17)11-15-9(16-18(11)5-13-10)8-2-6(12)4-19-8/h2-5H,1H3. The van der Waals surface area contributed by atoms with Crippen LogP contribution in [0, 0.1) is 0 Å². The number of nitrogens with zero attached hydrogens (tertiary/aromatic N) is 6. The predicted molar refractivity (Wildman–Crippen MR) is 76.1 cm³/mol. The normalized spacial score (nSPS) is 11.7. The molecule has 0 radical (unpaired) electrons. The molecule has 0 aliphatic heterocycles. The van der Waals surface area contributed by atoms with Gasteiger partial charge in [0.05, 0.1) is 16.5 Å². The Hall–Kier alpha value is -1.80. The van der Waals surface area contributed by atoms with E-state index in [-0.39, 0.29) is 0 Å². The van der Waals surface area contributed by atoms with E-state index in [1.54, 1.807) is 33.1 Å². The van der Waals surface area contributed by atoms with Crippen LogP contribution in [0.4, 0.5) is 0 Å². The quantitative estimate of drug-likeness (QED) is 0.536. The van der Waals surface area contributed by atoms with E-state index in [2.05, 4.69) is 36.1 Å². The first-order chi connectivity index (χ1) is 9.22. The molecule has 94 valence electrons. The minimum atomic E-state index is 0.703. The fourth-order valence-corrected chi connectivity index (χ4v) is 3.33. The lowest BCUT2D eigenvalue weighted by Gasteiger charge is -1.93. The molecule has 0 atom stereocenters. The second-order valence-corrected chi connectivity index (χ2v) is 5.91. The first kappa shape index (κ1) is 11.1. The fourth-order valence-electron chi connectivity index (χ4n) is 1.97. The Morgan fingerprint density at radius 2 is 2.21 bits per heavy atom. The van der Waals surface area contributed by atoms with Gasteiger partial charge < -0.3 is 0 Å². The van der Waals surface area contributed by atoms with Crippen molar-refractivity contribution < 1.29 is 0 Å². The second-order valence-electron chi connectivity index (χ2n) is 4.08. The maximum Gasteiger partial charge on any atom is 0.192 e. The van der Waals surface area contributed by atoms with Crippen LogP contribution in [0.2, 0.25) is 0 Å². The maximum absolute atomic E-state index is 4.59. The van der Waals surface area contributed by atoms with Crippen molar-refractivity contribution in [3.63, 3.8) is 0 Å². The molecule has 19 heavy (non-hydrogen) atoms. The molecule has 4 aromatic heterocycles. The molecule has 0 saturated carbocycles. The van der Waals surface area contributed by atoms with Gasteiger partial charge >= 0.3 is 0 Å². The first-order valence-corrected chi connectivity index (χ1v) is 7.17. The topological polar surface area (TPSA) is 60.9 Å². The Labute approximate surface area is 119 Å². The van der Waals surface area contributed by atoms with Crippen molar-refractivity contribution in [3.05, 3.63) is 28.4 Å². The molecule has 0 saturated heterocycles. The van der Waals surface area contributed by atoms with Crippen molar-refractivity contribution in [2.75, 3.05) is 0 Å². The lowest BCUT2D eigenvalue weighted by Crippen LogP contribution is -1.94. The van der Waals surface area contributed by atoms with Gasteiger partial charge in [-0.25, -0.2) is 14.5 Å². The van der Waals surface area contributed by atoms with Gasteiger partial charge in [-0.2, -0.15) is 5.10 Å². The lowest BCUT2D eigenvalue weighted by atomic mass is 10.4. The third-order valence-corrected chi connectivity index (χ3v) is 4.54. The highest BCUT2D eigenvalue weighted by Crippen LogP contribution is 2.28. The highest BCUT2D eigenvalue weighted by molar-refractivity contribution is 9.10. The van der Waals surface area contributed by atoms with E-state index in [1.807, 2.05) is 18.5 Å². The molecule has 0 fully saturated rings. The van der Waals surface area contributed by atoms with E-state index in [0.717, 1.165) is 26.0 Å². The van der Waals surface area contributed by atoms with Gasteiger partial charge in [0.25, 0.3) is 0 Å². The molecule has 0 unspecified atom stereocenters. The molecule has 4 rings (SSSR count). The van der Waals surface area contributed by atoms with Crippen molar-refractivity contribution in [3.8, 4) is 10.7 Å². The van der Waals surface area contributed by atoms with E-state index in [9.17, 15) is 0 Å². The highest BCUT2D eigenvalue weighted by atomic mass is 79.9. The van der Waals surface area contributed by atoms with Crippen molar-refractivity contribution in [2.24, 2.45) is 7.05 Å². The Bertz CT molecular complexity index is 904. The Morgan fingerprint density at radius 1 is 1.32 bits per heavy atom. The largest absolute Gasteiger partial charge is 0.250 e. The fraction of sp³-hybridized carbons (Fsp3) is 0.0909. The lowest BCUT2D eigenvalue weighted by molar-refractivity contribution is 0.783. The number of rotatable bonds is 1. The van der Waals surface area contributed by atoms with Crippen LogP contribution in [0.5, 0.6) is 0 Å². The van der Waals surface area contributed by atoms with Crippen LogP contribution in [0.1, 0.15) is 0 Å². The maximum atomic E-state index is 4.59. The molecule has 0 N–H and O–H groups in total. The minimum absolute atomic E-state index is 0.703. The summed E-state index contributed by atoms with van der Waals surface area (Å²) in [6, 6.07) is 2.01. The van der Waals surface area contributed by atoms with Gasteiger partial charge in [0, 0.05) is 16.9 Å². The van der Waals surface area contributed by atoms with E-state index >= 15 is 0 Å². The predicted octanol–water partition coefficient (Wildman–Crippen LogP) is 2.50. The van der Waals surface area contributed by atoms with Crippen molar-refractivity contribution in [2.45, 2.75) is 0 Å². The molecule has 0 aromatic carbocycles. The summed E-state index contributed by atoms with van der Waals surface area (Å²) in [7, 11) is 1.86. The van der Waals surface area contributed by atoms with Crippen LogP contribution in [-0.4, -0.2) is 29.4 Å². The average molecular weight is 335 g/mol. The third kappa shape index (κ3) is 1.60. The summed E-state index contributed by atoms with van der Waals surface area (Å²) in [6.45, 7) is 0. The monoisotopic (exact) mass is 334 g/mol. The van der Waals surface area contributed by atoms with Gasteiger partial charge in [-0.1, -0.05) is 0 Å². The Balaban J connectivity index is 2.03. The van der Waals surface area contributed by atoms with Crippen molar-refractivity contribution >= 4 is 43.9 Å². The minimum Gasteiger partial charge on any atom is -0.250 e. The van der Waals surface area contributed by atoms with Crippen LogP contribution in [0.25, 0.3) is 27.4 Å². The molecule has 0 bridgehead atoms. The second kappa shape index (κ2) is 3.84. The SMILES string of the molecule is Cn1ncc2c1ncn1nc(-c3cc(Br)cs3)nc21. The molecular weight excluding hydrogens is 328 g/mol. The first-order valence-electron chi connectivity index (χ1n) is 5.50. The van der Waals surface area contributed by atoms with Gasteiger partial charge in [0.15, 0.2) is 17.1 Å². The van der Waals surface area contributed by atoms with Crippen LogP contribution in [-0.2, 0) is 7.05 Å². The smallest absolute Gasteiger partial charge is 0.192 e. The van der Waals surface area contributed by atoms with E-state index in [0.29, 0.717) is 5.82 Å². The zero-order valence-electron chi connectivity index (χ0n) is 9.78. The molecule has 0 aliphatic carbocycles. The Kier molecular flexibility index (Phi) is 2.24. The Morgan fingerprint density at radius 3 is 3.00 bits per heavy atom. The highest BCUT2D eigenvalue weighted by Gasteiger charge is 2.13. The molecule has 4 aromatic rings. The van der Waals surface area contributed by atoms with E-state index in [4.69, 9.17) is 0 Å². The van der Waals surface area contributed by atoms with Gasteiger partial charge in [0.1, 0.15) is 6.33 Å². The number of hydrogen-bond acceptors (Lipinski definition) is 5. The summed E-state index contributed by atoms with van der Waals surface area (Å²) < 4.78 is 4.45. The van der Waals surface area contributed by atoms with E-state index < -0.39 is 0 Å². The summed E-state index contributed by atoms with van der Waals surface area (Å²) in [6.07, 6.45) is 3.43. The summed E-state index contributed by atoms with van der Waals surface area (Å²) in [5, 5.41) is 11.6. The summed E-state index contributed by atoms with van der Waals surface area (Å²) >= 11 is 5.04. The number of thiophene rings is 1. The van der Waals surface area contributed by atoms with Crippen molar-refractivity contribution in [1.82, 2.24) is 29.4 Å². The van der Waals surface area contributed by atoms with Crippen LogP contribution >= 0.6 is 27.3 Å². The zero-order chi connectivity index (χ0) is 13.0. The molecule has 0 aliphatic rings. The summed E-state index contributed by atoms with van der Waals surface area (Å²) in [4.78, 5) is 9.94. The van der Waals surface area contributed by atoms with Crippen LogP contribution in [0.3, 0.4) is 0 Å². The third-order valence-electron chi connectivity index (χ3n) is 2.86. The molecule has 8 heteroatoms. The van der Waals surface area contributed by atoms with Gasteiger partial charge in [-0.05, 0) is 22.0 Å². The van der Waals surface area contributed by atoms with Gasteiger partial charge in [-0.15, -0.1) is 16.4 Å². The molecule has 6 nitrogen and oxygen atoms in total. The van der Waals surface area contributed by atoms with Gasteiger partial charge in [-0.3, -0.25) is 4.68 Å². The van der Waals surface area contributed by atoms with Gasteiger partial charge in [0.2, 0.25) is 0 Å². The number of halogens is 1. The number of fused-ring (bicyclic) bond motifs is 3. The number of aryl methyl sites for hydroxylation is 1. The molecule has 0 spiro atoms. The number of hydrogen-bond donors (Lipinski definition) is 0. The molecular formula is C11H7BrN6S. The van der Waals surface area contributed by atoms with E-state index in [1.165, 1.54) is 0 Å². The average Bonchev–Trinajstić information content (AvgIpc) is 3.06.